The SMILES string of the molecule is C=CCNS(=O)(=O)c1ccc(C(=O)OCC(=O)N2[C@H](C)CCC[C@H]2C)cc1. The fraction of sp³-hybridized carbons (Fsp3) is 0.474. The number of carbonyl (C=O) groups excluding carboxylic acids is 2. The van der Waals surface area contributed by atoms with Gasteiger partial charge in [-0.25, -0.2) is 17.9 Å². The zero-order valence-electron chi connectivity index (χ0n) is 15.7. The molecule has 148 valence electrons. The van der Waals surface area contributed by atoms with Crippen LogP contribution in [0.25, 0.3) is 0 Å². The lowest BCUT2D eigenvalue weighted by molar-refractivity contribution is -0.140. The van der Waals surface area contributed by atoms with Gasteiger partial charge in [0.05, 0.1) is 10.5 Å². The highest BCUT2D eigenvalue weighted by molar-refractivity contribution is 7.89. The fourth-order valence-corrected chi connectivity index (χ4v) is 4.22. The molecule has 27 heavy (non-hydrogen) atoms. The number of benzene rings is 1. The second-order valence-electron chi connectivity index (χ2n) is 6.67. The van der Waals surface area contributed by atoms with E-state index in [9.17, 15) is 18.0 Å². The molecule has 0 aromatic heterocycles. The Bertz CT molecular complexity index is 779. The summed E-state index contributed by atoms with van der Waals surface area (Å²) in [4.78, 5) is 26.4. The number of esters is 1. The van der Waals surface area contributed by atoms with Crippen molar-refractivity contribution in [2.75, 3.05) is 13.2 Å². The van der Waals surface area contributed by atoms with Gasteiger partial charge in [-0.2, -0.15) is 0 Å². The van der Waals surface area contributed by atoms with Gasteiger partial charge in [-0.3, -0.25) is 4.79 Å². The molecule has 0 aliphatic carbocycles. The summed E-state index contributed by atoms with van der Waals surface area (Å²) in [5.41, 5.74) is 0.185. The second kappa shape index (κ2) is 9.14. The largest absolute Gasteiger partial charge is 0.452 e. The molecule has 1 fully saturated rings. The quantitative estimate of drug-likeness (QED) is 0.565. The van der Waals surface area contributed by atoms with Crippen molar-refractivity contribution in [2.24, 2.45) is 0 Å². The van der Waals surface area contributed by atoms with E-state index in [-0.39, 0.29) is 41.6 Å². The maximum absolute atomic E-state index is 12.4. The van der Waals surface area contributed by atoms with Crippen LogP contribution in [0.1, 0.15) is 43.5 Å². The van der Waals surface area contributed by atoms with Gasteiger partial charge in [0.25, 0.3) is 5.91 Å². The van der Waals surface area contributed by atoms with Gasteiger partial charge in [-0.05, 0) is 57.4 Å². The summed E-state index contributed by atoms with van der Waals surface area (Å²) < 4.78 is 31.5. The number of rotatable bonds is 7. The number of nitrogens with one attached hydrogen (secondary N) is 1. The number of amides is 1. The molecule has 0 radical (unpaired) electrons. The lowest BCUT2D eigenvalue weighted by Crippen LogP contribution is -2.49. The van der Waals surface area contributed by atoms with E-state index in [1.54, 1.807) is 4.90 Å². The standard InChI is InChI=1S/C19H26N2O5S/c1-4-12-20-27(24,25)17-10-8-16(9-11-17)19(23)26-13-18(22)21-14(2)6-5-7-15(21)3/h4,8-11,14-15,20H,1,5-7,12-13H2,2-3H3/t14-,15-/m1/s1. The molecule has 1 aromatic carbocycles. The maximum Gasteiger partial charge on any atom is 0.338 e. The van der Waals surface area contributed by atoms with Crippen LogP contribution < -0.4 is 4.72 Å². The van der Waals surface area contributed by atoms with Crippen LogP contribution in [-0.4, -0.2) is 50.4 Å². The first-order valence-corrected chi connectivity index (χ1v) is 10.4. The van der Waals surface area contributed by atoms with Crippen molar-refractivity contribution in [1.29, 1.82) is 0 Å². The molecular formula is C19H26N2O5S. The normalized spacial score (nSPS) is 20.1. The first-order chi connectivity index (χ1) is 12.8. The van der Waals surface area contributed by atoms with Gasteiger partial charge < -0.3 is 9.64 Å². The molecule has 0 saturated carbocycles. The van der Waals surface area contributed by atoms with Crippen molar-refractivity contribution in [3.05, 3.63) is 42.5 Å². The minimum absolute atomic E-state index is 0.0351. The first-order valence-electron chi connectivity index (χ1n) is 8.95. The Kier molecular flexibility index (Phi) is 7.15. The fourth-order valence-electron chi connectivity index (χ4n) is 3.22. The minimum atomic E-state index is -3.65. The summed E-state index contributed by atoms with van der Waals surface area (Å²) in [6.45, 7) is 7.23. The Morgan fingerprint density at radius 2 is 1.81 bits per heavy atom. The number of carbonyl (C=O) groups is 2. The minimum Gasteiger partial charge on any atom is -0.452 e. The summed E-state index contributed by atoms with van der Waals surface area (Å²) in [6, 6.07) is 5.63. The average Bonchev–Trinajstić information content (AvgIpc) is 2.64. The Balaban J connectivity index is 1.96. The smallest absolute Gasteiger partial charge is 0.338 e. The van der Waals surface area contributed by atoms with E-state index >= 15 is 0 Å². The van der Waals surface area contributed by atoms with E-state index in [1.165, 1.54) is 30.3 Å². The number of nitrogens with zero attached hydrogens (tertiary/aromatic N) is 1. The van der Waals surface area contributed by atoms with Crippen LogP contribution in [0.4, 0.5) is 0 Å². The Labute approximate surface area is 160 Å². The van der Waals surface area contributed by atoms with Crippen molar-refractivity contribution >= 4 is 21.9 Å². The number of piperidine rings is 1. The monoisotopic (exact) mass is 394 g/mol. The molecule has 7 nitrogen and oxygen atoms in total. The molecule has 1 N–H and O–H groups in total. The molecule has 1 aliphatic rings. The molecule has 1 heterocycles. The van der Waals surface area contributed by atoms with Crippen LogP contribution in [0.2, 0.25) is 0 Å². The van der Waals surface area contributed by atoms with E-state index in [4.69, 9.17) is 4.74 Å². The predicted molar refractivity (Wildman–Crippen MR) is 102 cm³/mol. The number of ether oxygens (including phenoxy) is 1. The summed E-state index contributed by atoms with van der Waals surface area (Å²) in [5, 5.41) is 0. The zero-order valence-corrected chi connectivity index (χ0v) is 16.5. The van der Waals surface area contributed by atoms with Crippen molar-refractivity contribution in [1.82, 2.24) is 9.62 Å². The molecule has 0 unspecified atom stereocenters. The summed E-state index contributed by atoms with van der Waals surface area (Å²) >= 11 is 0. The van der Waals surface area contributed by atoms with E-state index in [1.807, 2.05) is 13.8 Å². The van der Waals surface area contributed by atoms with Crippen LogP contribution in [-0.2, 0) is 19.6 Å². The molecule has 0 bridgehead atoms. The third-order valence-corrected chi connectivity index (χ3v) is 6.07. The number of hydrogen-bond donors (Lipinski definition) is 1. The molecule has 1 aliphatic heterocycles. The molecule has 1 aromatic rings. The highest BCUT2D eigenvalue weighted by Gasteiger charge is 2.29. The molecular weight excluding hydrogens is 368 g/mol. The second-order valence-corrected chi connectivity index (χ2v) is 8.44. The van der Waals surface area contributed by atoms with Gasteiger partial charge in [-0.1, -0.05) is 6.08 Å². The number of likely N-dealkylation sites (tertiary alicyclic amines) is 1. The number of hydrogen-bond acceptors (Lipinski definition) is 5. The van der Waals surface area contributed by atoms with E-state index in [0.717, 1.165) is 19.3 Å². The summed E-state index contributed by atoms with van der Waals surface area (Å²) in [6.07, 6.45) is 4.41. The Hall–Kier alpha value is -2.19. The molecule has 0 spiro atoms. The van der Waals surface area contributed by atoms with Gasteiger partial charge in [-0.15, -0.1) is 6.58 Å². The molecule has 1 amide bonds. The summed E-state index contributed by atoms with van der Waals surface area (Å²) in [5.74, 6) is -0.875. The van der Waals surface area contributed by atoms with Crippen LogP contribution >= 0.6 is 0 Å². The average molecular weight is 394 g/mol. The molecule has 8 heteroatoms. The van der Waals surface area contributed by atoms with Crippen LogP contribution in [0, 0.1) is 0 Å². The van der Waals surface area contributed by atoms with E-state index in [0.29, 0.717) is 0 Å². The highest BCUT2D eigenvalue weighted by atomic mass is 32.2. The third-order valence-electron chi connectivity index (χ3n) is 4.63. The van der Waals surface area contributed by atoms with Gasteiger partial charge in [0.1, 0.15) is 0 Å². The van der Waals surface area contributed by atoms with Crippen LogP contribution in [0.15, 0.2) is 41.8 Å². The van der Waals surface area contributed by atoms with Gasteiger partial charge in [0, 0.05) is 18.6 Å². The summed E-state index contributed by atoms with van der Waals surface area (Å²) in [7, 11) is -3.65. The van der Waals surface area contributed by atoms with Crippen molar-refractivity contribution < 1.29 is 22.7 Å². The topological polar surface area (TPSA) is 92.8 Å². The lowest BCUT2D eigenvalue weighted by atomic mass is 9.97. The van der Waals surface area contributed by atoms with Crippen molar-refractivity contribution in [3.63, 3.8) is 0 Å². The van der Waals surface area contributed by atoms with Gasteiger partial charge in [0.2, 0.25) is 10.0 Å². The van der Waals surface area contributed by atoms with Crippen LogP contribution in [0.3, 0.4) is 0 Å². The Morgan fingerprint density at radius 3 is 2.37 bits per heavy atom. The van der Waals surface area contributed by atoms with Gasteiger partial charge in [0.15, 0.2) is 6.61 Å². The highest BCUT2D eigenvalue weighted by Crippen LogP contribution is 2.22. The van der Waals surface area contributed by atoms with Crippen molar-refractivity contribution in [2.45, 2.75) is 50.1 Å². The molecule has 2 atom stereocenters. The maximum atomic E-state index is 12.4. The van der Waals surface area contributed by atoms with E-state index < -0.39 is 16.0 Å². The molecule has 2 rings (SSSR count). The molecule has 1 saturated heterocycles. The zero-order chi connectivity index (χ0) is 20.0. The van der Waals surface area contributed by atoms with E-state index in [2.05, 4.69) is 11.3 Å². The lowest BCUT2D eigenvalue weighted by Gasteiger charge is -2.38. The van der Waals surface area contributed by atoms with Crippen LogP contribution in [0.5, 0.6) is 0 Å². The predicted octanol–water partition coefficient (Wildman–Crippen LogP) is 2.10. The Morgan fingerprint density at radius 1 is 1.22 bits per heavy atom. The number of sulfonamides is 1. The third kappa shape index (κ3) is 5.40. The first kappa shape index (κ1) is 21.1. The van der Waals surface area contributed by atoms with Crippen molar-refractivity contribution in [3.8, 4) is 0 Å². The van der Waals surface area contributed by atoms with Gasteiger partial charge >= 0.3 is 5.97 Å².